The molecule has 1 N–H and O–H groups in total. The highest BCUT2D eigenvalue weighted by atomic mass is 16.6. The molecule has 1 unspecified atom stereocenters. The maximum absolute atomic E-state index is 11.9. The van der Waals surface area contributed by atoms with Crippen LogP contribution in [0.1, 0.15) is 51.2 Å². The molecule has 2 rings (SSSR count). The van der Waals surface area contributed by atoms with E-state index in [2.05, 4.69) is 36.2 Å². The largest absolute Gasteiger partial charge is 0.454 e. The molecule has 1 heterocycles. The highest BCUT2D eigenvalue weighted by molar-refractivity contribution is 5.81. The molecule has 1 aromatic rings. The molecule has 0 radical (unpaired) electrons. The highest BCUT2D eigenvalue weighted by Crippen LogP contribution is 2.13. The number of esters is 1. The standard InChI is InChI=1S/C22H34N2O4/c1-17(2)10-13-27-18(3)22(26)28-16-21(25)23-14-19-6-8-20(9-7-19)15-24-11-4-5-12-24/h6-9,17-18H,4-5,10-16H2,1-3H3,(H,23,25). The number of hydrogen-bond acceptors (Lipinski definition) is 5. The molecule has 0 saturated carbocycles. The van der Waals surface area contributed by atoms with Gasteiger partial charge in [0.2, 0.25) is 0 Å². The molecule has 1 amide bonds. The molecule has 6 nitrogen and oxygen atoms in total. The lowest BCUT2D eigenvalue weighted by atomic mass is 10.1. The minimum atomic E-state index is -0.658. The fraction of sp³-hybridized carbons (Fsp3) is 0.636. The topological polar surface area (TPSA) is 67.9 Å². The third-order valence-corrected chi connectivity index (χ3v) is 4.86. The van der Waals surface area contributed by atoms with Crippen molar-refractivity contribution in [3.05, 3.63) is 35.4 Å². The lowest BCUT2D eigenvalue weighted by molar-refractivity contribution is -0.159. The maximum Gasteiger partial charge on any atom is 0.335 e. The number of likely N-dealkylation sites (tertiary alicyclic amines) is 1. The van der Waals surface area contributed by atoms with Crippen LogP contribution < -0.4 is 5.32 Å². The van der Waals surface area contributed by atoms with Crippen LogP contribution in [-0.4, -0.2) is 49.2 Å². The number of ether oxygens (including phenoxy) is 2. The summed E-state index contributed by atoms with van der Waals surface area (Å²) in [6.45, 7) is 9.81. The van der Waals surface area contributed by atoms with Crippen LogP contribution in [0.5, 0.6) is 0 Å². The Balaban J connectivity index is 1.62. The van der Waals surface area contributed by atoms with E-state index in [1.54, 1.807) is 6.92 Å². The van der Waals surface area contributed by atoms with Crippen molar-refractivity contribution in [1.29, 1.82) is 0 Å². The molecule has 6 heteroatoms. The number of nitrogens with one attached hydrogen (secondary N) is 1. The van der Waals surface area contributed by atoms with Crippen molar-refractivity contribution >= 4 is 11.9 Å². The Kier molecular flexibility index (Phi) is 9.44. The quantitative estimate of drug-likeness (QED) is 0.589. The zero-order chi connectivity index (χ0) is 20.4. The number of carbonyl (C=O) groups is 2. The van der Waals surface area contributed by atoms with Crippen molar-refractivity contribution in [2.75, 3.05) is 26.3 Å². The Morgan fingerprint density at radius 3 is 2.36 bits per heavy atom. The smallest absolute Gasteiger partial charge is 0.335 e. The van der Waals surface area contributed by atoms with Crippen molar-refractivity contribution in [2.45, 2.75) is 59.2 Å². The Labute approximate surface area is 168 Å². The van der Waals surface area contributed by atoms with Gasteiger partial charge in [-0.2, -0.15) is 0 Å². The van der Waals surface area contributed by atoms with Gasteiger partial charge in [-0.15, -0.1) is 0 Å². The zero-order valence-corrected chi connectivity index (χ0v) is 17.4. The third kappa shape index (κ3) is 8.40. The van der Waals surface area contributed by atoms with Gasteiger partial charge < -0.3 is 14.8 Å². The third-order valence-electron chi connectivity index (χ3n) is 4.86. The Morgan fingerprint density at radius 2 is 1.71 bits per heavy atom. The lowest BCUT2D eigenvalue weighted by Crippen LogP contribution is -2.31. The molecule has 1 aliphatic heterocycles. The Bertz CT molecular complexity index is 609. The summed E-state index contributed by atoms with van der Waals surface area (Å²) in [6.07, 6.45) is 2.80. The van der Waals surface area contributed by atoms with Gasteiger partial charge in [-0.1, -0.05) is 38.1 Å². The number of rotatable bonds is 11. The van der Waals surface area contributed by atoms with Crippen LogP contribution >= 0.6 is 0 Å². The van der Waals surface area contributed by atoms with Crippen molar-refractivity contribution in [2.24, 2.45) is 5.92 Å². The summed E-state index contributed by atoms with van der Waals surface area (Å²) in [7, 11) is 0. The van der Waals surface area contributed by atoms with Gasteiger partial charge in [0, 0.05) is 19.7 Å². The summed E-state index contributed by atoms with van der Waals surface area (Å²) in [5.41, 5.74) is 2.31. The molecule has 1 saturated heterocycles. The fourth-order valence-electron chi connectivity index (χ4n) is 3.02. The van der Waals surface area contributed by atoms with Crippen LogP contribution in [0.25, 0.3) is 0 Å². The van der Waals surface area contributed by atoms with Crippen LogP contribution in [0.4, 0.5) is 0 Å². The molecule has 0 aromatic heterocycles. The van der Waals surface area contributed by atoms with Gasteiger partial charge in [-0.05, 0) is 56.3 Å². The van der Waals surface area contributed by atoms with Gasteiger partial charge in [-0.25, -0.2) is 4.79 Å². The van der Waals surface area contributed by atoms with Crippen molar-refractivity contribution in [3.8, 4) is 0 Å². The van der Waals surface area contributed by atoms with Crippen molar-refractivity contribution in [3.63, 3.8) is 0 Å². The molecular formula is C22H34N2O4. The fourth-order valence-corrected chi connectivity index (χ4v) is 3.02. The monoisotopic (exact) mass is 390 g/mol. The van der Waals surface area contributed by atoms with Gasteiger partial charge in [-0.3, -0.25) is 9.69 Å². The second-order valence-corrected chi connectivity index (χ2v) is 7.88. The van der Waals surface area contributed by atoms with Crippen LogP contribution in [0.3, 0.4) is 0 Å². The molecule has 1 aromatic carbocycles. The van der Waals surface area contributed by atoms with E-state index >= 15 is 0 Å². The minimum absolute atomic E-state index is 0.288. The van der Waals surface area contributed by atoms with Crippen LogP contribution in [0.15, 0.2) is 24.3 Å². The summed E-state index contributed by atoms with van der Waals surface area (Å²) in [5.74, 6) is -0.308. The number of amides is 1. The van der Waals surface area contributed by atoms with E-state index in [0.29, 0.717) is 19.1 Å². The summed E-state index contributed by atoms with van der Waals surface area (Å²) >= 11 is 0. The molecular weight excluding hydrogens is 356 g/mol. The Hall–Kier alpha value is -1.92. The summed E-state index contributed by atoms with van der Waals surface area (Å²) < 4.78 is 10.4. The first-order chi connectivity index (χ1) is 13.4. The number of carbonyl (C=O) groups excluding carboxylic acids is 2. The molecule has 1 atom stereocenters. The number of benzene rings is 1. The van der Waals surface area contributed by atoms with Gasteiger partial charge in [0.25, 0.3) is 5.91 Å². The average Bonchev–Trinajstić information content (AvgIpc) is 3.18. The molecule has 0 spiro atoms. The number of nitrogens with zero attached hydrogens (tertiary/aromatic N) is 1. The second kappa shape index (κ2) is 11.8. The Morgan fingerprint density at radius 1 is 1.07 bits per heavy atom. The maximum atomic E-state index is 11.9. The molecule has 0 bridgehead atoms. The summed E-state index contributed by atoms with van der Waals surface area (Å²) in [4.78, 5) is 26.2. The molecule has 0 aliphatic carbocycles. The van der Waals surface area contributed by atoms with E-state index in [-0.39, 0.29) is 12.5 Å². The predicted molar refractivity (Wildman–Crippen MR) is 109 cm³/mol. The SMILES string of the molecule is CC(C)CCOC(C)C(=O)OCC(=O)NCc1ccc(CN2CCCC2)cc1. The average molecular weight is 391 g/mol. The van der Waals surface area contributed by atoms with Crippen LogP contribution in [0, 0.1) is 5.92 Å². The normalized spacial score (nSPS) is 15.6. The first kappa shape index (κ1) is 22.4. The summed E-state index contributed by atoms with van der Waals surface area (Å²) in [5, 5.41) is 2.78. The van der Waals surface area contributed by atoms with E-state index in [1.807, 2.05) is 12.1 Å². The van der Waals surface area contributed by atoms with E-state index in [0.717, 1.165) is 18.5 Å². The van der Waals surface area contributed by atoms with E-state index < -0.39 is 12.1 Å². The zero-order valence-electron chi connectivity index (χ0n) is 17.4. The van der Waals surface area contributed by atoms with Crippen LogP contribution in [0.2, 0.25) is 0 Å². The van der Waals surface area contributed by atoms with Crippen molar-refractivity contribution < 1.29 is 19.1 Å². The first-order valence-electron chi connectivity index (χ1n) is 10.3. The first-order valence-corrected chi connectivity index (χ1v) is 10.3. The minimum Gasteiger partial charge on any atom is -0.454 e. The van der Waals surface area contributed by atoms with Gasteiger partial charge in [0.15, 0.2) is 12.7 Å². The summed E-state index contributed by atoms with van der Waals surface area (Å²) in [6, 6.07) is 8.27. The van der Waals surface area contributed by atoms with Gasteiger partial charge >= 0.3 is 5.97 Å². The number of hydrogen-bond donors (Lipinski definition) is 1. The molecule has 1 aliphatic rings. The van der Waals surface area contributed by atoms with Crippen LogP contribution in [-0.2, 0) is 32.2 Å². The van der Waals surface area contributed by atoms with E-state index in [4.69, 9.17) is 9.47 Å². The molecule has 1 fully saturated rings. The molecule has 28 heavy (non-hydrogen) atoms. The predicted octanol–water partition coefficient (Wildman–Crippen LogP) is 2.89. The molecule has 156 valence electrons. The van der Waals surface area contributed by atoms with Gasteiger partial charge in [0.05, 0.1) is 0 Å². The van der Waals surface area contributed by atoms with Crippen molar-refractivity contribution in [1.82, 2.24) is 10.2 Å². The second-order valence-electron chi connectivity index (χ2n) is 7.88. The highest BCUT2D eigenvalue weighted by Gasteiger charge is 2.16. The lowest BCUT2D eigenvalue weighted by Gasteiger charge is -2.15. The van der Waals surface area contributed by atoms with E-state index in [1.165, 1.54) is 31.5 Å². The van der Waals surface area contributed by atoms with E-state index in [9.17, 15) is 9.59 Å². The van der Waals surface area contributed by atoms with Gasteiger partial charge in [0.1, 0.15) is 0 Å².